The first-order chi connectivity index (χ1) is 8.58. The molecule has 0 amide bonds. The van der Waals surface area contributed by atoms with E-state index in [1.807, 2.05) is 0 Å². The molecule has 1 fully saturated rings. The predicted octanol–water partition coefficient (Wildman–Crippen LogP) is 4.18. The van der Waals surface area contributed by atoms with Gasteiger partial charge in [0, 0.05) is 16.6 Å². The zero-order valence-corrected chi connectivity index (χ0v) is 11.6. The number of rotatable bonds is 3. The zero-order chi connectivity index (χ0) is 13.1. The van der Waals surface area contributed by atoms with Crippen LogP contribution in [-0.4, -0.2) is 6.04 Å². The number of hydrogen-bond donors (Lipinski definition) is 1. The highest BCUT2D eigenvalue weighted by molar-refractivity contribution is 6.31. The van der Waals surface area contributed by atoms with Gasteiger partial charge in [0.2, 0.25) is 0 Å². The van der Waals surface area contributed by atoms with Gasteiger partial charge in [0.05, 0.1) is 0 Å². The Morgan fingerprint density at radius 2 is 2.22 bits per heavy atom. The summed E-state index contributed by atoms with van der Waals surface area (Å²) in [5.74, 6) is 1.01. The lowest BCUT2D eigenvalue weighted by Crippen LogP contribution is -2.35. The van der Waals surface area contributed by atoms with Crippen molar-refractivity contribution in [3.8, 4) is 0 Å². The molecular weight excluding hydrogens is 249 g/mol. The SMILES string of the molecule is CC1CCCC(C(N)Cc2c(F)cccc2Cl)C1. The van der Waals surface area contributed by atoms with Gasteiger partial charge >= 0.3 is 0 Å². The summed E-state index contributed by atoms with van der Waals surface area (Å²) in [6, 6.07) is 4.84. The van der Waals surface area contributed by atoms with Crippen LogP contribution in [-0.2, 0) is 6.42 Å². The molecule has 3 heteroatoms. The Balaban J connectivity index is 2.04. The average molecular weight is 270 g/mol. The van der Waals surface area contributed by atoms with Gasteiger partial charge in [0.1, 0.15) is 5.82 Å². The molecule has 0 bridgehead atoms. The van der Waals surface area contributed by atoms with Crippen LogP contribution in [0, 0.1) is 17.7 Å². The molecule has 2 rings (SSSR count). The summed E-state index contributed by atoms with van der Waals surface area (Å²) in [6.07, 6.45) is 5.40. The second-order valence-electron chi connectivity index (χ2n) is 5.60. The Morgan fingerprint density at radius 3 is 2.89 bits per heavy atom. The molecule has 0 aromatic heterocycles. The van der Waals surface area contributed by atoms with E-state index in [-0.39, 0.29) is 11.9 Å². The second kappa shape index (κ2) is 6.03. The molecule has 0 spiro atoms. The molecule has 1 aromatic rings. The molecule has 1 aliphatic rings. The van der Waals surface area contributed by atoms with Crippen molar-refractivity contribution in [3.05, 3.63) is 34.6 Å². The highest BCUT2D eigenvalue weighted by atomic mass is 35.5. The van der Waals surface area contributed by atoms with Crippen LogP contribution in [0.25, 0.3) is 0 Å². The summed E-state index contributed by atoms with van der Waals surface area (Å²) in [7, 11) is 0. The highest BCUT2D eigenvalue weighted by Crippen LogP contribution is 2.32. The van der Waals surface area contributed by atoms with E-state index in [1.165, 1.54) is 18.9 Å². The summed E-state index contributed by atoms with van der Waals surface area (Å²) in [5, 5.41) is 0.495. The van der Waals surface area contributed by atoms with Crippen LogP contribution in [0.15, 0.2) is 18.2 Å². The largest absolute Gasteiger partial charge is 0.327 e. The molecule has 2 N–H and O–H groups in total. The van der Waals surface area contributed by atoms with E-state index < -0.39 is 0 Å². The van der Waals surface area contributed by atoms with E-state index >= 15 is 0 Å². The van der Waals surface area contributed by atoms with Gasteiger partial charge in [-0.05, 0) is 43.2 Å². The van der Waals surface area contributed by atoms with Crippen molar-refractivity contribution in [1.82, 2.24) is 0 Å². The molecule has 3 unspecified atom stereocenters. The molecule has 1 aromatic carbocycles. The Morgan fingerprint density at radius 1 is 1.44 bits per heavy atom. The number of nitrogens with two attached hydrogens (primary N) is 1. The van der Waals surface area contributed by atoms with Gasteiger partial charge < -0.3 is 5.73 Å². The Hall–Kier alpha value is -0.600. The quantitative estimate of drug-likeness (QED) is 0.875. The lowest BCUT2D eigenvalue weighted by atomic mass is 9.77. The Labute approximate surface area is 114 Å². The average Bonchev–Trinajstić information content (AvgIpc) is 2.34. The van der Waals surface area contributed by atoms with E-state index in [9.17, 15) is 4.39 Å². The fourth-order valence-electron chi connectivity index (χ4n) is 3.00. The molecule has 0 heterocycles. The first-order valence-electron chi connectivity index (χ1n) is 6.76. The molecule has 0 saturated heterocycles. The fourth-order valence-corrected chi connectivity index (χ4v) is 3.24. The fraction of sp³-hybridized carbons (Fsp3) is 0.600. The van der Waals surface area contributed by atoms with Crippen LogP contribution in [0.1, 0.15) is 38.2 Å². The maximum atomic E-state index is 13.7. The molecule has 18 heavy (non-hydrogen) atoms. The van der Waals surface area contributed by atoms with Crippen LogP contribution >= 0.6 is 11.6 Å². The minimum absolute atomic E-state index is 0.0159. The lowest BCUT2D eigenvalue weighted by Gasteiger charge is -2.31. The smallest absolute Gasteiger partial charge is 0.127 e. The molecule has 0 aliphatic heterocycles. The molecule has 100 valence electrons. The van der Waals surface area contributed by atoms with Crippen molar-refractivity contribution in [3.63, 3.8) is 0 Å². The van der Waals surface area contributed by atoms with Crippen molar-refractivity contribution in [2.24, 2.45) is 17.6 Å². The van der Waals surface area contributed by atoms with Gasteiger partial charge in [-0.2, -0.15) is 0 Å². The van der Waals surface area contributed by atoms with Crippen molar-refractivity contribution in [2.75, 3.05) is 0 Å². The molecule has 3 atom stereocenters. The van der Waals surface area contributed by atoms with Crippen molar-refractivity contribution in [1.29, 1.82) is 0 Å². The van der Waals surface area contributed by atoms with Gasteiger partial charge in [-0.25, -0.2) is 4.39 Å². The van der Waals surface area contributed by atoms with Crippen LogP contribution in [0.4, 0.5) is 4.39 Å². The summed E-state index contributed by atoms with van der Waals surface area (Å²) in [5.41, 5.74) is 6.83. The van der Waals surface area contributed by atoms with Crippen LogP contribution < -0.4 is 5.73 Å². The van der Waals surface area contributed by atoms with Gasteiger partial charge in [0.25, 0.3) is 0 Å². The number of benzene rings is 1. The van der Waals surface area contributed by atoms with Crippen LogP contribution in [0.2, 0.25) is 5.02 Å². The van der Waals surface area contributed by atoms with E-state index in [0.717, 1.165) is 18.8 Å². The monoisotopic (exact) mass is 269 g/mol. The summed E-state index contributed by atoms with van der Waals surface area (Å²) < 4.78 is 13.7. The summed E-state index contributed by atoms with van der Waals surface area (Å²) in [4.78, 5) is 0. The number of halogens is 2. The van der Waals surface area contributed by atoms with Crippen LogP contribution in [0.5, 0.6) is 0 Å². The lowest BCUT2D eigenvalue weighted by molar-refractivity contribution is 0.244. The van der Waals surface area contributed by atoms with Gasteiger partial charge in [-0.1, -0.05) is 37.4 Å². The molecule has 1 aliphatic carbocycles. The third-order valence-corrected chi connectivity index (χ3v) is 4.44. The summed E-state index contributed by atoms with van der Waals surface area (Å²) in [6.45, 7) is 2.27. The third-order valence-electron chi connectivity index (χ3n) is 4.08. The topological polar surface area (TPSA) is 26.0 Å². The van der Waals surface area contributed by atoms with Crippen molar-refractivity contribution >= 4 is 11.6 Å². The molecule has 1 saturated carbocycles. The van der Waals surface area contributed by atoms with E-state index in [0.29, 0.717) is 22.9 Å². The van der Waals surface area contributed by atoms with Crippen molar-refractivity contribution < 1.29 is 4.39 Å². The molecule has 1 nitrogen and oxygen atoms in total. The van der Waals surface area contributed by atoms with Crippen molar-refractivity contribution in [2.45, 2.75) is 45.1 Å². The standard InChI is InChI=1S/C15H21ClFN/c1-10-4-2-5-11(8-10)15(18)9-12-13(16)6-3-7-14(12)17/h3,6-7,10-11,15H,2,4-5,8-9,18H2,1H3. The van der Waals surface area contributed by atoms with Crippen LogP contribution in [0.3, 0.4) is 0 Å². The highest BCUT2D eigenvalue weighted by Gasteiger charge is 2.25. The summed E-state index contributed by atoms with van der Waals surface area (Å²) >= 11 is 6.05. The minimum Gasteiger partial charge on any atom is -0.327 e. The predicted molar refractivity (Wildman–Crippen MR) is 74.2 cm³/mol. The maximum Gasteiger partial charge on any atom is 0.127 e. The minimum atomic E-state index is -0.234. The first kappa shape index (κ1) is 13.8. The van der Waals surface area contributed by atoms with E-state index in [2.05, 4.69) is 6.92 Å². The number of hydrogen-bond acceptors (Lipinski definition) is 1. The Bertz CT molecular complexity index is 387. The zero-order valence-electron chi connectivity index (χ0n) is 10.8. The molecule has 0 radical (unpaired) electrons. The normalized spacial score (nSPS) is 26.0. The maximum absolute atomic E-state index is 13.7. The second-order valence-corrected chi connectivity index (χ2v) is 6.01. The molecular formula is C15H21ClFN. The van der Waals surface area contributed by atoms with Gasteiger partial charge in [-0.15, -0.1) is 0 Å². The van der Waals surface area contributed by atoms with E-state index in [4.69, 9.17) is 17.3 Å². The Kier molecular flexibility index (Phi) is 4.63. The van der Waals surface area contributed by atoms with Gasteiger partial charge in [-0.3, -0.25) is 0 Å². The van der Waals surface area contributed by atoms with Gasteiger partial charge in [0.15, 0.2) is 0 Å². The third kappa shape index (κ3) is 3.24. The first-order valence-corrected chi connectivity index (χ1v) is 7.14. The van der Waals surface area contributed by atoms with E-state index in [1.54, 1.807) is 12.1 Å².